The van der Waals surface area contributed by atoms with Crippen LogP contribution < -0.4 is 103 Å². The van der Waals surface area contributed by atoms with Crippen molar-refractivity contribution in [3.05, 3.63) is 72.9 Å². The van der Waals surface area contributed by atoms with Gasteiger partial charge in [0.25, 0.3) is 0 Å². The van der Waals surface area contributed by atoms with Gasteiger partial charge in [0.15, 0.2) is 17.9 Å². The van der Waals surface area contributed by atoms with E-state index in [9.17, 15) is 67.4 Å². The minimum absolute atomic E-state index is 0.0101. The first-order valence-corrected chi connectivity index (χ1v) is 32.7. The third-order valence-corrected chi connectivity index (χ3v) is 15.2. The highest BCUT2D eigenvalue weighted by Gasteiger charge is 2.34. The lowest BCUT2D eigenvalue weighted by atomic mass is 10.1. The molecule has 4 aromatic heterocycles. The molecule has 0 saturated carbocycles. The molecule has 0 radical (unpaired) electrons. The summed E-state index contributed by atoms with van der Waals surface area (Å²) in [6, 6.07) is -12.6. The number of thiol groups is 2. The van der Waals surface area contributed by atoms with Crippen LogP contribution in [0.15, 0.2) is 50.1 Å². The van der Waals surface area contributed by atoms with E-state index in [-0.39, 0.29) is 107 Å². The molecule has 4 heterocycles. The standard InChI is InChI=1S/C56H88N30O14S2/c57-32(22-101)45(91)71-18-41(87)79-34(5-2-8-69-55(60)61)49(95)85-36(10-28-14-64-24-75-28)47(93)73-20-43(89)81-39(13-31-17-67-27-78-31)52(98)84-35(6-3-9-70-56(62)63)50(96)86-37(11-29-15-65-25-76-29)48(94)74-19-42(88)80-38(12-30-16-66-26-77-30)51(97)83-33(4-1-7-68-54(58)59)46(92)72-21-44(90)82-40(23-102)53(99)100/h14-17,24-27,32-40,101-102H,1-13,18-23,57H2,(H,64,75)(H,65,76)(H,66,77)(H,67,78)(H,71,91)(H,72,92)(H,73,93)(H,74,94)(H,79,87)(H,80,88)(H,81,89)(H,82,90)(H,83,97)(H,84,98)(H,85,95)(H,86,96)(H,99,100)(H4,58,59,68)(H4,60,61,69)(H4,62,63,70)/t32-,33-,34-,35-,36-,37-,38-,39-,40-/m0/s1. The number of nitrogens with two attached hydrogens (primary N) is 4. The molecule has 31 N–H and O–H groups in total. The van der Waals surface area contributed by atoms with Gasteiger partial charge in [0.05, 0.1) is 57.5 Å². The van der Waals surface area contributed by atoms with Gasteiger partial charge in [-0.05, 0) is 38.5 Å². The summed E-state index contributed by atoms with van der Waals surface area (Å²) in [7, 11) is 0. The normalized spacial score (nSPS) is 13.4. The molecule has 102 heavy (non-hydrogen) atoms. The molecule has 46 heteroatoms. The molecule has 9 atom stereocenters. The average Bonchev–Trinajstić information content (AvgIpc) is 1.37. The summed E-state index contributed by atoms with van der Waals surface area (Å²) in [4.78, 5) is 203. The predicted octanol–water partition coefficient (Wildman–Crippen LogP) is -10.7. The van der Waals surface area contributed by atoms with Crippen molar-refractivity contribution in [1.29, 1.82) is 16.2 Å². The van der Waals surface area contributed by atoms with Gasteiger partial charge in [0.2, 0.25) is 70.9 Å². The number of hydrogen-bond donors (Lipinski definition) is 29. The summed E-state index contributed by atoms with van der Waals surface area (Å²) in [6.07, 6.45) is 9.55. The Hall–Kier alpha value is -11.6. The van der Waals surface area contributed by atoms with Crippen molar-refractivity contribution in [2.75, 3.05) is 57.3 Å². The number of rotatable bonds is 47. The Morgan fingerprint density at radius 1 is 0.373 bits per heavy atom. The SMILES string of the molecule is N=C(N)NCCC[C@H](NC(=O)CNC(=O)[C@@H](N)CS)C(=O)N[C@@H](Cc1cnc[nH]1)C(=O)NCC(=O)N[C@@H](Cc1cnc[nH]1)C(=O)N[C@@H](CCCNC(=N)N)C(=O)N[C@@H](Cc1cnc[nH]1)C(=O)NCC(=O)N[C@@H](Cc1cnc[nH]1)C(=O)N[C@@H](CCCNC(=N)N)C(=O)NCC(=O)N[C@@H](CS)C(=O)O. The Labute approximate surface area is 592 Å². The fraction of sp³-hybridized carbons (Fsp3) is 0.500. The second-order valence-corrected chi connectivity index (χ2v) is 23.2. The number of carbonyl (C=O) groups excluding carboxylic acids is 12. The zero-order chi connectivity index (χ0) is 75.1. The van der Waals surface area contributed by atoms with Crippen LogP contribution in [0, 0.1) is 16.2 Å². The van der Waals surface area contributed by atoms with E-state index in [1.54, 1.807) is 0 Å². The van der Waals surface area contributed by atoms with Crippen LogP contribution in [0.4, 0.5) is 0 Å². The highest BCUT2D eigenvalue weighted by atomic mass is 32.1. The molecular weight excluding hydrogens is 1380 g/mol. The molecule has 0 spiro atoms. The Balaban J connectivity index is 1.53. The van der Waals surface area contributed by atoms with Crippen molar-refractivity contribution in [2.45, 2.75) is 119 Å². The third-order valence-electron chi connectivity index (χ3n) is 14.4. The van der Waals surface area contributed by atoms with Gasteiger partial charge in [-0.25, -0.2) is 24.7 Å². The first-order chi connectivity index (χ1) is 48.6. The van der Waals surface area contributed by atoms with Gasteiger partial charge >= 0.3 is 5.97 Å². The molecule has 0 aliphatic carbocycles. The van der Waals surface area contributed by atoms with E-state index in [1.807, 2.05) is 0 Å². The number of imidazole rings is 4. The summed E-state index contributed by atoms with van der Waals surface area (Å²) < 4.78 is 0. The number of nitrogens with one attached hydrogen (secondary N) is 22. The monoisotopic (exact) mass is 1470 g/mol. The molecule has 0 aliphatic rings. The number of hydrogen-bond acceptors (Lipinski definition) is 23. The van der Waals surface area contributed by atoms with Crippen molar-refractivity contribution in [1.82, 2.24) is 120 Å². The Bertz CT molecular complexity index is 3440. The number of aromatic amines is 4. The zero-order valence-electron chi connectivity index (χ0n) is 55.0. The van der Waals surface area contributed by atoms with Gasteiger partial charge in [-0.2, -0.15) is 25.3 Å². The third kappa shape index (κ3) is 32.0. The molecule has 0 fully saturated rings. The van der Waals surface area contributed by atoms with Gasteiger partial charge in [0.1, 0.15) is 48.3 Å². The van der Waals surface area contributed by atoms with E-state index >= 15 is 0 Å². The molecular formula is C56H88N30O14S2. The molecule has 12 amide bonds. The van der Waals surface area contributed by atoms with Crippen LogP contribution in [-0.4, -0.2) is 251 Å². The van der Waals surface area contributed by atoms with Crippen molar-refractivity contribution in [2.24, 2.45) is 22.9 Å². The topological polar surface area (TPSA) is 713 Å². The summed E-state index contributed by atoms with van der Waals surface area (Å²) >= 11 is 7.88. The lowest BCUT2D eigenvalue weighted by Crippen LogP contribution is -2.59. The largest absolute Gasteiger partial charge is 0.480 e. The summed E-state index contributed by atoms with van der Waals surface area (Å²) in [5.74, 6) is -13.6. The van der Waals surface area contributed by atoms with Crippen LogP contribution in [0.2, 0.25) is 0 Å². The summed E-state index contributed by atoms with van der Waals surface area (Å²) in [5.41, 5.74) is 23.3. The van der Waals surface area contributed by atoms with Crippen LogP contribution in [-0.2, 0) is 88.0 Å². The zero-order valence-corrected chi connectivity index (χ0v) is 56.8. The van der Waals surface area contributed by atoms with E-state index in [4.69, 9.17) is 39.2 Å². The maximum absolute atomic E-state index is 14.5. The number of carboxylic acid groups (broad SMARTS) is 1. The molecule has 0 aromatic carbocycles. The first kappa shape index (κ1) is 82.8. The lowest BCUT2D eigenvalue weighted by Gasteiger charge is -2.26. The number of nitrogens with zero attached hydrogens (tertiary/aromatic N) is 4. The number of carbonyl (C=O) groups is 13. The van der Waals surface area contributed by atoms with Crippen molar-refractivity contribution in [3.8, 4) is 0 Å². The maximum Gasteiger partial charge on any atom is 0.327 e. The average molecular weight is 1470 g/mol. The fourth-order valence-corrected chi connectivity index (χ4v) is 9.62. The Kier molecular flexibility index (Phi) is 36.1. The maximum atomic E-state index is 14.5. The van der Waals surface area contributed by atoms with Crippen LogP contribution in [0.5, 0.6) is 0 Å². The van der Waals surface area contributed by atoms with Gasteiger partial charge in [-0.15, -0.1) is 0 Å². The highest BCUT2D eigenvalue weighted by Crippen LogP contribution is 2.09. The number of carboxylic acids is 1. The second-order valence-electron chi connectivity index (χ2n) is 22.5. The predicted molar refractivity (Wildman–Crippen MR) is 367 cm³/mol. The molecule has 4 rings (SSSR count). The number of aliphatic carboxylic acids is 1. The van der Waals surface area contributed by atoms with E-state index in [1.165, 1.54) is 50.1 Å². The van der Waals surface area contributed by atoms with Crippen molar-refractivity contribution in [3.63, 3.8) is 0 Å². The smallest absolute Gasteiger partial charge is 0.327 e. The van der Waals surface area contributed by atoms with Gasteiger partial charge < -0.3 is 128 Å². The van der Waals surface area contributed by atoms with Crippen molar-refractivity contribution < 1.29 is 67.4 Å². The lowest BCUT2D eigenvalue weighted by molar-refractivity contribution is -0.141. The quantitative estimate of drug-likeness (QED) is 0.00845. The molecule has 0 aliphatic heterocycles. The van der Waals surface area contributed by atoms with E-state index in [0.29, 0.717) is 22.8 Å². The molecule has 0 bridgehead atoms. The second kappa shape index (κ2) is 44.4. The minimum Gasteiger partial charge on any atom is -0.480 e. The number of H-pyrrole nitrogens is 4. The fourth-order valence-electron chi connectivity index (χ4n) is 9.21. The van der Waals surface area contributed by atoms with Gasteiger partial charge in [0, 0.05) is 104 Å². The Morgan fingerprint density at radius 2 is 0.627 bits per heavy atom. The molecule has 558 valence electrons. The number of amides is 12. The molecule has 0 saturated heterocycles. The molecule has 0 unspecified atom stereocenters. The van der Waals surface area contributed by atoms with E-state index in [2.05, 4.69) is 145 Å². The molecule has 4 aromatic rings. The summed E-state index contributed by atoms with van der Waals surface area (Å²) in [6.45, 7) is -2.74. The van der Waals surface area contributed by atoms with E-state index in [0.717, 1.165) is 0 Å². The van der Waals surface area contributed by atoms with Gasteiger partial charge in [-0.3, -0.25) is 73.8 Å². The van der Waals surface area contributed by atoms with Crippen LogP contribution in [0.1, 0.15) is 61.3 Å². The highest BCUT2D eigenvalue weighted by molar-refractivity contribution is 7.80. The Morgan fingerprint density at radius 3 is 0.912 bits per heavy atom. The van der Waals surface area contributed by atoms with Crippen LogP contribution in [0.3, 0.4) is 0 Å². The van der Waals surface area contributed by atoms with Crippen LogP contribution >= 0.6 is 25.3 Å². The van der Waals surface area contributed by atoms with Crippen molar-refractivity contribution >= 4 is 120 Å². The number of guanidine groups is 3. The van der Waals surface area contributed by atoms with Gasteiger partial charge in [-0.1, -0.05) is 0 Å². The first-order valence-electron chi connectivity index (χ1n) is 31.5. The molecule has 44 nitrogen and oxygen atoms in total. The summed E-state index contributed by atoms with van der Waals surface area (Å²) in [5, 5.41) is 69.2. The van der Waals surface area contributed by atoms with Crippen LogP contribution in [0.25, 0.3) is 0 Å². The minimum atomic E-state index is -1.54. The number of aromatic nitrogens is 8. The van der Waals surface area contributed by atoms with E-state index < -0.39 is 163 Å².